The van der Waals surface area contributed by atoms with Gasteiger partial charge in [0.1, 0.15) is 11.3 Å². The van der Waals surface area contributed by atoms with Crippen LogP contribution in [0.25, 0.3) is 22.4 Å². The highest BCUT2D eigenvalue weighted by Crippen LogP contribution is 2.31. The predicted octanol–water partition coefficient (Wildman–Crippen LogP) is 4.44. The third kappa shape index (κ3) is 2.06. The van der Waals surface area contributed by atoms with Crippen molar-refractivity contribution in [3.8, 4) is 11.4 Å². The van der Waals surface area contributed by atoms with E-state index in [1.807, 2.05) is 30.6 Å². The molecule has 0 radical (unpaired) electrons. The van der Waals surface area contributed by atoms with Crippen molar-refractivity contribution in [2.75, 3.05) is 0 Å². The van der Waals surface area contributed by atoms with Gasteiger partial charge in [0, 0.05) is 17.8 Å². The summed E-state index contributed by atoms with van der Waals surface area (Å²) >= 11 is 3.58. The number of halogens is 1. The molecule has 0 bridgehead atoms. The van der Waals surface area contributed by atoms with Gasteiger partial charge in [-0.25, -0.2) is 4.98 Å². The Morgan fingerprint density at radius 1 is 1.11 bits per heavy atom. The van der Waals surface area contributed by atoms with E-state index in [0.29, 0.717) is 6.04 Å². The summed E-state index contributed by atoms with van der Waals surface area (Å²) in [6.07, 6.45) is 3.63. The summed E-state index contributed by atoms with van der Waals surface area (Å²) in [5.41, 5.74) is 3.14. The lowest BCUT2D eigenvalue weighted by molar-refractivity contribution is 0.623. The Morgan fingerprint density at radius 2 is 1.84 bits per heavy atom. The van der Waals surface area contributed by atoms with Gasteiger partial charge >= 0.3 is 0 Å². The minimum Gasteiger partial charge on any atom is -0.320 e. The average Bonchev–Trinajstić information content (AvgIpc) is 2.81. The Morgan fingerprint density at radius 3 is 2.53 bits per heavy atom. The molecule has 0 aliphatic heterocycles. The second-order valence-electron chi connectivity index (χ2n) is 4.75. The van der Waals surface area contributed by atoms with Gasteiger partial charge in [0.15, 0.2) is 0 Å². The quantitative estimate of drug-likeness (QED) is 0.700. The molecule has 0 amide bonds. The topological polar surface area (TPSA) is 30.7 Å². The highest BCUT2D eigenvalue weighted by molar-refractivity contribution is 9.10. The van der Waals surface area contributed by atoms with Crippen LogP contribution in [0.5, 0.6) is 0 Å². The van der Waals surface area contributed by atoms with Crippen LogP contribution in [-0.2, 0) is 0 Å². The number of fused-ring (bicyclic) bond motifs is 1. The summed E-state index contributed by atoms with van der Waals surface area (Å²) in [7, 11) is 0. The number of benzene rings is 1. The number of hydrogen-bond donors (Lipinski definition) is 0. The van der Waals surface area contributed by atoms with Crippen LogP contribution < -0.4 is 0 Å². The van der Waals surface area contributed by atoms with Crippen LogP contribution in [0.15, 0.2) is 47.2 Å². The first-order valence-corrected chi connectivity index (χ1v) is 7.04. The van der Waals surface area contributed by atoms with Gasteiger partial charge in [-0.15, -0.1) is 0 Å². The lowest BCUT2D eigenvalue weighted by Gasteiger charge is -2.13. The number of aromatic nitrogens is 3. The Balaban J connectivity index is 2.37. The largest absolute Gasteiger partial charge is 0.320 e. The molecule has 19 heavy (non-hydrogen) atoms. The monoisotopic (exact) mass is 315 g/mol. The fourth-order valence-corrected chi connectivity index (χ4v) is 2.82. The molecular weight excluding hydrogens is 302 g/mol. The first-order chi connectivity index (χ1) is 9.18. The van der Waals surface area contributed by atoms with E-state index in [1.54, 1.807) is 0 Å². The molecular formula is C15H14BrN3. The molecule has 0 spiro atoms. The molecule has 0 saturated carbocycles. The minimum absolute atomic E-state index is 0.332. The van der Waals surface area contributed by atoms with Crippen LogP contribution in [0.1, 0.15) is 19.9 Å². The van der Waals surface area contributed by atoms with E-state index < -0.39 is 0 Å². The van der Waals surface area contributed by atoms with Crippen LogP contribution >= 0.6 is 15.9 Å². The van der Waals surface area contributed by atoms with E-state index in [0.717, 1.165) is 26.9 Å². The highest BCUT2D eigenvalue weighted by atomic mass is 79.9. The van der Waals surface area contributed by atoms with Crippen LogP contribution in [0.3, 0.4) is 0 Å². The maximum absolute atomic E-state index is 4.74. The van der Waals surface area contributed by atoms with E-state index in [2.05, 4.69) is 51.5 Å². The molecule has 0 aliphatic rings. The molecule has 1 aromatic carbocycles. The van der Waals surface area contributed by atoms with E-state index in [4.69, 9.17) is 4.98 Å². The zero-order valence-electron chi connectivity index (χ0n) is 10.8. The van der Waals surface area contributed by atoms with Gasteiger partial charge in [-0.1, -0.05) is 30.3 Å². The molecule has 0 atom stereocenters. The highest BCUT2D eigenvalue weighted by Gasteiger charge is 2.16. The summed E-state index contributed by atoms with van der Waals surface area (Å²) in [5.74, 6) is 0.985. The maximum Gasteiger partial charge on any atom is 0.141 e. The van der Waals surface area contributed by atoms with Crippen molar-refractivity contribution in [1.82, 2.24) is 14.5 Å². The molecule has 4 heteroatoms. The number of imidazole rings is 1. The molecule has 2 aromatic heterocycles. The molecule has 0 unspecified atom stereocenters. The normalized spacial score (nSPS) is 11.4. The van der Waals surface area contributed by atoms with Gasteiger partial charge in [-0.05, 0) is 29.8 Å². The van der Waals surface area contributed by atoms with E-state index in [1.165, 1.54) is 0 Å². The average molecular weight is 316 g/mol. The molecule has 0 N–H and O–H groups in total. The van der Waals surface area contributed by atoms with Gasteiger partial charge in [0.25, 0.3) is 0 Å². The zero-order valence-corrected chi connectivity index (χ0v) is 12.4. The van der Waals surface area contributed by atoms with Gasteiger partial charge in [-0.2, -0.15) is 0 Å². The molecule has 96 valence electrons. The summed E-state index contributed by atoms with van der Waals surface area (Å²) in [6, 6.07) is 10.6. The van der Waals surface area contributed by atoms with E-state index in [9.17, 15) is 0 Å². The van der Waals surface area contributed by atoms with Crippen LogP contribution in [0.2, 0.25) is 0 Å². The van der Waals surface area contributed by atoms with Crippen molar-refractivity contribution in [3.05, 3.63) is 47.2 Å². The summed E-state index contributed by atoms with van der Waals surface area (Å²) < 4.78 is 3.23. The first-order valence-electron chi connectivity index (χ1n) is 6.25. The van der Waals surface area contributed by atoms with E-state index in [-0.39, 0.29) is 0 Å². The Hall–Kier alpha value is -1.68. The second kappa shape index (κ2) is 4.78. The standard InChI is InChI=1S/C15H14BrN3/c1-10(2)19-14-12(16)8-17-9-13(14)18-15(19)11-6-4-3-5-7-11/h3-10H,1-2H3. The van der Waals surface area contributed by atoms with Gasteiger partial charge < -0.3 is 4.57 Å². The van der Waals surface area contributed by atoms with Crippen molar-refractivity contribution in [2.45, 2.75) is 19.9 Å². The van der Waals surface area contributed by atoms with Gasteiger partial charge in [-0.3, -0.25) is 4.98 Å². The van der Waals surface area contributed by atoms with Crippen molar-refractivity contribution in [3.63, 3.8) is 0 Å². The summed E-state index contributed by atoms with van der Waals surface area (Å²) in [4.78, 5) is 8.93. The van der Waals surface area contributed by atoms with Crippen LogP contribution in [0.4, 0.5) is 0 Å². The Bertz CT molecular complexity index is 717. The molecule has 0 fully saturated rings. The first kappa shape index (κ1) is 12.4. The number of nitrogens with zero attached hydrogens (tertiary/aromatic N) is 3. The molecule has 3 nitrogen and oxygen atoms in total. The van der Waals surface area contributed by atoms with Crippen molar-refractivity contribution in [2.24, 2.45) is 0 Å². The van der Waals surface area contributed by atoms with Crippen LogP contribution in [-0.4, -0.2) is 14.5 Å². The molecule has 0 aliphatic carbocycles. The fraction of sp³-hybridized carbons (Fsp3) is 0.200. The van der Waals surface area contributed by atoms with Crippen molar-refractivity contribution >= 4 is 27.0 Å². The fourth-order valence-electron chi connectivity index (χ4n) is 2.31. The Labute approximate surface area is 120 Å². The molecule has 2 heterocycles. The zero-order chi connectivity index (χ0) is 13.4. The van der Waals surface area contributed by atoms with Crippen molar-refractivity contribution < 1.29 is 0 Å². The predicted molar refractivity (Wildman–Crippen MR) is 81.0 cm³/mol. The second-order valence-corrected chi connectivity index (χ2v) is 5.61. The lowest BCUT2D eigenvalue weighted by atomic mass is 10.2. The van der Waals surface area contributed by atoms with Gasteiger partial charge in [0.2, 0.25) is 0 Å². The lowest BCUT2D eigenvalue weighted by Crippen LogP contribution is -2.03. The molecule has 0 saturated heterocycles. The number of hydrogen-bond acceptors (Lipinski definition) is 2. The smallest absolute Gasteiger partial charge is 0.141 e. The van der Waals surface area contributed by atoms with Gasteiger partial charge in [0.05, 0.1) is 16.2 Å². The minimum atomic E-state index is 0.332. The maximum atomic E-state index is 4.74. The van der Waals surface area contributed by atoms with Crippen molar-refractivity contribution in [1.29, 1.82) is 0 Å². The SMILES string of the molecule is CC(C)n1c(-c2ccccc2)nc2cncc(Br)c21. The molecule has 3 rings (SSSR count). The Kier molecular flexibility index (Phi) is 3.11. The summed E-state index contributed by atoms with van der Waals surface area (Å²) in [6.45, 7) is 4.33. The summed E-state index contributed by atoms with van der Waals surface area (Å²) in [5, 5.41) is 0. The third-order valence-electron chi connectivity index (χ3n) is 3.10. The number of pyridine rings is 1. The third-order valence-corrected chi connectivity index (χ3v) is 3.68. The van der Waals surface area contributed by atoms with E-state index >= 15 is 0 Å². The van der Waals surface area contributed by atoms with Crippen LogP contribution in [0, 0.1) is 0 Å². The number of rotatable bonds is 2. The molecule has 3 aromatic rings.